The van der Waals surface area contributed by atoms with Crippen molar-refractivity contribution in [3.63, 3.8) is 0 Å². The number of benzene rings is 1. The fourth-order valence-corrected chi connectivity index (χ4v) is 3.21. The predicted octanol–water partition coefficient (Wildman–Crippen LogP) is 3.12. The van der Waals surface area contributed by atoms with Gasteiger partial charge in [-0.25, -0.2) is 0 Å². The number of non-ortho nitro benzene ring substituents is 1. The smallest absolute Gasteiger partial charge is 0.271 e. The lowest BCUT2D eigenvalue weighted by atomic mass is 9.98. The zero-order chi connectivity index (χ0) is 15.4. The van der Waals surface area contributed by atoms with Crippen molar-refractivity contribution in [2.75, 3.05) is 13.1 Å². The van der Waals surface area contributed by atoms with E-state index in [2.05, 4.69) is 15.9 Å². The normalized spacial score (nSPS) is 17.7. The molecule has 1 unspecified atom stereocenters. The van der Waals surface area contributed by atoms with Crippen LogP contribution in [0.1, 0.15) is 36.0 Å². The van der Waals surface area contributed by atoms with Crippen molar-refractivity contribution in [1.29, 1.82) is 0 Å². The number of hydrogen-bond donors (Lipinski definition) is 1. The minimum Gasteiger partial charge on any atom is -0.336 e. The topological polar surface area (TPSA) is 89.5 Å². The van der Waals surface area contributed by atoms with Crippen LogP contribution in [0.25, 0.3) is 0 Å². The summed E-state index contributed by atoms with van der Waals surface area (Å²) in [5.74, 6) is -0.155. The summed E-state index contributed by atoms with van der Waals surface area (Å²) in [7, 11) is 0. The molecule has 0 bridgehead atoms. The van der Waals surface area contributed by atoms with Gasteiger partial charge in [0.2, 0.25) is 0 Å². The van der Waals surface area contributed by atoms with Gasteiger partial charge in [0.25, 0.3) is 11.6 Å². The van der Waals surface area contributed by atoms with Crippen LogP contribution >= 0.6 is 28.3 Å². The van der Waals surface area contributed by atoms with Crippen molar-refractivity contribution in [1.82, 2.24) is 4.90 Å². The van der Waals surface area contributed by atoms with Crippen LogP contribution in [-0.2, 0) is 0 Å². The number of nitrogens with two attached hydrogens (primary N) is 1. The van der Waals surface area contributed by atoms with Crippen LogP contribution in [0.2, 0.25) is 0 Å². The van der Waals surface area contributed by atoms with E-state index in [0.29, 0.717) is 23.1 Å². The Hall–Kier alpha value is -1.18. The molecule has 1 heterocycles. The van der Waals surface area contributed by atoms with Crippen LogP contribution in [0.5, 0.6) is 0 Å². The predicted molar refractivity (Wildman–Crippen MR) is 90.4 cm³/mol. The maximum Gasteiger partial charge on any atom is 0.271 e. The number of nitrogens with zero attached hydrogens (tertiary/aromatic N) is 2. The van der Waals surface area contributed by atoms with Crippen LogP contribution in [0.3, 0.4) is 0 Å². The SMILES string of the molecule is Cl.NCCC1CCCCN1C(=O)c1cc(Br)cc([N+](=O)[O-])c1. The van der Waals surface area contributed by atoms with E-state index in [0.717, 1.165) is 25.7 Å². The van der Waals surface area contributed by atoms with E-state index < -0.39 is 4.92 Å². The van der Waals surface area contributed by atoms with Crippen LogP contribution < -0.4 is 5.73 Å². The van der Waals surface area contributed by atoms with E-state index >= 15 is 0 Å². The average molecular weight is 393 g/mol. The lowest BCUT2D eigenvalue weighted by molar-refractivity contribution is -0.385. The molecule has 0 aliphatic carbocycles. The fraction of sp³-hybridized carbons (Fsp3) is 0.500. The highest BCUT2D eigenvalue weighted by molar-refractivity contribution is 9.10. The molecule has 1 saturated heterocycles. The molecule has 2 rings (SSSR count). The zero-order valence-electron chi connectivity index (χ0n) is 12.0. The van der Waals surface area contributed by atoms with E-state index in [1.54, 1.807) is 6.07 Å². The van der Waals surface area contributed by atoms with E-state index in [1.165, 1.54) is 12.1 Å². The summed E-state index contributed by atoms with van der Waals surface area (Å²) in [6.07, 6.45) is 3.76. The minimum absolute atomic E-state index is 0. The molecule has 0 radical (unpaired) electrons. The molecular formula is C14H19BrClN3O3. The molecule has 0 spiro atoms. The number of piperidine rings is 1. The molecule has 1 fully saturated rings. The summed E-state index contributed by atoms with van der Waals surface area (Å²) in [4.78, 5) is 24.9. The number of nitro benzene ring substituents is 1. The van der Waals surface area contributed by atoms with E-state index in [4.69, 9.17) is 5.73 Å². The Morgan fingerprint density at radius 1 is 1.41 bits per heavy atom. The summed E-state index contributed by atoms with van der Waals surface area (Å²) in [6.45, 7) is 1.22. The van der Waals surface area contributed by atoms with Crippen LogP contribution in [0.15, 0.2) is 22.7 Å². The van der Waals surface area contributed by atoms with Crippen molar-refractivity contribution in [2.45, 2.75) is 31.7 Å². The Labute approximate surface area is 143 Å². The van der Waals surface area contributed by atoms with Gasteiger partial charge in [-0.05, 0) is 38.3 Å². The van der Waals surface area contributed by atoms with E-state index in [9.17, 15) is 14.9 Å². The van der Waals surface area contributed by atoms with Crippen molar-refractivity contribution in [2.24, 2.45) is 5.73 Å². The Morgan fingerprint density at radius 3 is 2.77 bits per heavy atom. The number of likely N-dealkylation sites (tertiary alicyclic amines) is 1. The van der Waals surface area contributed by atoms with Gasteiger partial charge in [0.05, 0.1) is 4.92 Å². The first kappa shape index (κ1) is 18.9. The van der Waals surface area contributed by atoms with E-state index in [-0.39, 0.29) is 30.0 Å². The minimum atomic E-state index is -0.491. The third kappa shape index (κ3) is 4.41. The van der Waals surface area contributed by atoms with Gasteiger partial charge in [0, 0.05) is 34.8 Å². The molecule has 1 aliphatic heterocycles. The fourth-order valence-electron chi connectivity index (χ4n) is 2.73. The summed E-state index contributed by atoms with van der Waals surface area (Å²) >= 11 is 3.22. The van der Waals surface area contributed by atoms with Gasteiger partial charge in [0.15, 0.2) is 0 Å². The summed E-state index contributed by atoms with van der Waals surface area (Å²) in [5.41, 5.74) is 5.88. The molecule has 22 heavy (non-hydrogen) atoms. The van der Waals surface area contributed by atoms with Gasteiger partial charge in [-0.15, -0.1) is 12.4 Å². The molecule has 1 amide bonds. The molecule has 1 aliphatic rings. The molecule has 122 valence electrons. The van der Waals surface area contributed by atoms with Crippen LogP contribution in [-0.4, -0.2) is 34.9 Å². The summed E-state index contributed by atoms with van der Waals surface area (Å²) in [6, 6.07) is 4.49. The van der Waals surface area contributed by atoms with Gasteiger partial charge in [-0.2, -0.15) is 0 Å². The number of hydrogen-bond acceptors (Lipinski definition) is 4. The second-order valence-electron chi connectivity index (χ2n) is 5.18. The van der Waals surface area contributed by atoms with Crippen molar-refractivity contribution in [3.8, 4) is 0 Å². The van der Waals surface area contributed by atoms with Gasteiger partial charge in [0.1, 0.15) is 0 Å². The van der Waals surface area contributed by atoms with Crippen molar-refractivity contribution >= 4 is 39.9 Å². The first-order chi connectivity index (χ1) is 10.0. The Kier molecular flexibility index (Phi) is 7.25. The highest BCUT2D eigenvalue weighted by Crippen LogP contribution is 2.26. The maximum atomic E-state index is 12.7. The summed E-state index contributed by atoms with van der Waals surface area (Å²) < 4.78 is 0.535. The number of carbonyl (C=O) groups is 1. The molecule has 1 atom stereocenters. The van der Waals surface area contributed by atoms with Crippen molar-refractivity contribution < 1.29 is 9.72 Å². The molecule has 0 saturated carbocycles. The molecule has 1 aromatic carbocycles. The average Bonchev–Trinajstić information content (AvgIpc) is 2.47. The lowest BCUT2D eigenvalue weighted by Gasteiger charge is -2.35. The number of halogens is 2. The van der Waals surface area contributed by atoms with Gasteiger partial charge < -0.3 is 10.6 Å². The van der Waals surface area contributed by atoms with Gasteiger partial charge in [-0.1, -0.05) is 15.9 Å². The molecular weight excluding hydrogens is 374 g/mol. The second kappa shape index (κ2) is 8.45. The van der Waals surface area contributed by atoms with Crippen LogP contribution in [0.4, 0.5) is 5.69 Å². The van der Waals surface area contributed by atoms with E-state index in [1.807, 2.05) is 4.90 Å². The maximum absolute atomic E-state index is 12.7. The lowest BCUT2D eigenvalue weighted by Crippen LogP contribution is -2.44. The molecule has 1 aromatic rings. The van der Waals surface area contributed by atoms with Gasteiger partial charge >= 0.3 is 0 Å². The molecule has 0 aromatic heterocycles. The monoisotopic (exact) mass is 391 g/mol. The van der Waals surface area contributed by atoms with Gasteiger partial charge in [-0.3, -0.25) is 14.9 Å². The Morgan fingerprint density at radius 2 is 2.14 bits per heavy atom. The third-order valence-corrected chi connectivity index (χ3v) is 4.19. The number of rotatable bonds is 4. The molecule has 2 N–H and O–H groups in total. The second-order valence-corrected chi connectivity index (χ2v) is 6.10. The first-order valence-corrected chi connectivity index (χ1v) is 7.78. The Bertz CT molecular complexity index is 554. The third-order valence-electron chi connectivity index (χ3n) is 3.73. The van der Waals surface area contributed by atoms with Crippen molar-refractivity contribution in [3.05, 3.63) is 38.3 Å². The highest BCUT2D eigenvalue weighted by atomic mass is 79.9. The number of nitro groups is 1. The largest absolute Gasteiger partial charge is 0.336 e. The standard InChI is InChI=1S/C14H18BrN3O3.ClH/c15-11-7-10(8-13(9-11)18(20)21)14(19)17-6-2-1-3-12(17)4-5-16;/h7-9,12H,1-6,16H2;1H. The zero-order valence-corrected chi connectivity index (χ0v) is 14.4. The number of carbonyl (C=O) groups excluding carboxylic acids is 1. The molecule has 8 heteroatoms. The number of amides is 1. The van der Waals surface area contributed by atoms with Crippen LogP contribution in [0, 0.1) is 10.1 Å². The Balaban J connectivity index is 0.00000242. The first-order valence-electron chi connectivity index (χ1n) is 6.99. The summed E-state index contributed by atoms with van der Waals surface area (Å²) in [5, 5.41) is 10.9. The quantitative estimate of drug-likeness (QED) is 0.629. The molecule has 6 nitrogen and oxygen atoms in total. The highest BCUT2D eigenvalue weighted by Gasteiger charge is 2.27.